The lowest BCUT2D eigenvalue weighted by atomic mass is 10.1. The number of hydrogen-bond acceptors (Lipinski definition) is 5. The first-order valence-corrected chi connectivity index (χ1v) is 8.96. The van der Waals surface area contributed by atoms with Crippen LogP contribution in [-0.4, -0.2) is 46.6 Å². The Hall–Kier alpha value is -1.76. The highest BCUT2D eigenvalue weighted by Crippen LogP contribution is 2.24. The lowest BCUT2D eigenvalue weighted by molar-refractivity contribution is -0.124. The highest BCUT2D eigenvalue weighted by Gasteiger charge is 2.32. The second-order valence-electron chi connectivity index (χ2n) is 5.32. The Morgan fingerprint density at radius 1 is 1.32 bits per heavy atom. The van der Waals surface area contributed by atoms with Gasteiger partial charge >= 0.3 is 0 Å². The third-order valence-corrected chi connectivity index (χ3v) is 5.55. The Kier molecular flexibility index (Phi) is 5.28. The molecule has 7 heteroatoms. The van der Waals surface area contributed by atoms with Crippen LogP contribution < -0.4 is 14.8 Å². The minimum Gasteiger partial charge on any atom is -0.497 e. The second-order valence-corrected chi connectivity index (χ2v) is 7.55. The molecule has 0 aliphatic carbocycles. The zero-order valence-corrected chi connectivity index (χ0v) is 13.6. The fraction of sp³-hybridized carbons (Fsp3) is 0.533. The quantitative estimate of drug-likeness (QED) is 0.836. The summed E-state index contributed by atoms with van der Waals surface area (Å²) >= 11 is 0. The molecule has 1 amide bonds. The number of benzene rings is 1. The molecule has 1 heterocycles. The van der Waals surface area contributed by atoms with Gasteiger partial charge in [0.1, 0.15) is 11.5 Å². The molecule has 1 aliphatic rings. The lowest BCUT2D eigenvalue weighted by Gasteiger charge is -2.12. The van der Waals surface area contributed by atoms with Crippen molar-refractivity contribution in [3.8, 4) is 11.5 Å². The molecule has 1 aliphatic heterocycles. The molecule has 1 fully saturated rings. The van der Waals surface area contributed by atoms with Gasteiger partial charge in [-0.05, 0) is 36.6 Å². The SMILES string of the molecule is COc1ccc(OC)c(CCNC(=O)C2CCS(=O)(=O)C2)c1. The summed E-state index contributed by atoms with van der Waals surface area (Å²) in [6.45, 7) is 0.429. The number of carbonyl (C=O) groups is 1. The fourth-order valence-electron chi connectivity index (χ4n) is 2.54. The van der Waals surface area contributed by atoms with Crippen LogP contribution in [0.4, 0.5) is 0 Å². The van der Waals surface area contributed by atoms with Gasteiger partial charge in [0.2, 0.25) is 5.91 Å². The van der Waals surface area contributed by atoms with Crippen LogP contribution in [0.5, 0.6) is 11.5 Å². The smallest absolute Gasteiger partial charge is 0.224 e. The van der Waals surface area contributed by atoms with Crippen molar-refractivity contribution in [1.29, 1.82) is 0 Å². The number of rotatable bonds is 6. The predicted octanol–water partition coefficient (Wildman–Crippen LogP) is 0.797. The minimum absolute atomic E-state index is 0.0404. The van der Waals surface area contributed by atoms with Crippen molar-refractivity contribution in [2.45, 2.75) is 12.8 Å². The van der Waals surface area contributed by atoms with Crippen molar-refractivity contribution >= 4 is 15.7 Å². The molecule has 2 rings (SSSR count). The van der Waals surface area contributed by atoms with Gasteiger partial charge in [-0.3, -0.25) is 4.79 Å². The van der Waals surface area contributed by atoms with Crippen molar-refractivity contribution in [1.82, 2.24) is 5.32 Å². The van der Waals surface area contributed by atoms with E-state index in [1.165, 1.54) is 0 Å². The lowest BCUT2D eigenvalue weighted by Crippen LogP contribution is -2.32. The van der Waals surface area contributed by atoms with Crippen LogP contribution >= 0.6 is 0 Å². The number of amides is 1. The van der Waals surface area contributed by atoms with Crippen molar-refractivity contribution in [3.05, 3.63) is 23.8 Å². The summed E-state index contributed by atoms with van der Waals surface area (Å²) in [5.74, 6) is 0.915. The van der Waals surface area contributed by atoms with Crippen molar-refractivity contribution in [2.24, 2.45) is 5.92 Å². The number of ether oxygens (including phenoxy) is 2. The van der Waals surface area contributed by atoms with Gasteiger partial charge in [-0.25, -0.2) is 8.42 Å². The highest BCUT2D eigenvalue weighted by molar-refractivity contribution is 7.91. The first kappa shape index (κ1) is 16.6. The molecule has 6 nitrogen and oxygen atoms in total. The number of sulfone groups is 1. The Labute approximate surface area is 130 Å². The molecule has 0 saturated carbocycles. The summed E-state index contributed by atoms with van der Waals surface area (Å²) in [6, 6.07) is 5.49. The largest absolute Gasteiger partial charge is 0.497 e. The van der Waals surface area contributed by atoms with Crippen LogP contribution in [0, 0.1) is 5.92 Å². The molecule has 0 aromatic heterocycles. The molecule has 0 spiro atoms. The molecule has 122 valence electrons. The highest BCUT2D eigenvalue weighted by atomic mass is 32.2. The average molecular weight is 327 g/mol. The zero-order chi connectivity index (χ0) is 16.2. The summed E-state index contributed by atoms with van der Waals surface area (Å²) < 4.78 is 33.2. The van der Waals surface area contributed by atoms with Gasteiger partial charge in [-0.2, -0.15) is 0 Å². The Morgan fingerprint density at radius 3 is 2.68 bits per heavy atom. The van der Waals surface area contributed by atoms with E-state index in [-0.39, 0.29) is 17.4 Å². The second kappa shape index (κ2) is 7.00. The van der Waals surface area contributed by atoms with E-state index in [0.717, 1.165) is 17.1 Å². The Bertz CT molecular complexity index is 641. The van der Waals surface area contributed by atoms with Crippen LogP contribution in [0.15, 0.2) is 18.2 Å². The summed E-state index contributed by atoms with van der Waals surface area (Å²) in [5, 5.41) is 2.80. The Morgan fingerprint density at radius 2 is 2.09 bits per heavy atom. The molecule has 1 N–H and O–H groups in total. The molecule has 1 aromatic rings. The molecule has 22 heavy (non-hydrogen) atoms. The van der Waals surface area contributed by atoms with E-state index in [1.54, 1.807) is 14.2 Å². The number of nitrogens with one attached hydrogen (secondary N) is 1. The van der Waals surface area contributed by atoms with E-state index in [4.69, 9.17) is 9.47 Å². The van der Waals surface area contributed by atoms with Crippen molar-refractivity contribution in [2.75, 3.05) is 32.3 Å². The third-order valence-electron chi connectivity index (χ3n) is 3.78. The van der Waals surface area contributed by atoms with Crippen LogP contribution in [0.3, 0.4) is 0 Å². The van der Waals surface area contributed by atoms with Gasteiger partial charge < -0.3 is 14.8 Å². The summed E-state index contributed by atoms with van der Waals surface area (Å²) in [6.07, 6.45) is 1.00. The van der Waals surface area contributed by atoms with Crippen LogP contribution in [0.1, 0.15) is 12.0 Å². The first-order chi connectivity index (χ1) is 10.4. The zero-order valence-electron chi connectivity index (χ0n) is 12.8. The standard InChI is InChI=1S/C15H21NO5S/c1-20-13-3-4-14(21-2)11(9-13)5-7-16-15(17)12-6-8-22(18,19)10-12/h3-4,9,12H,5-8,10H2,1-2H3,(H,16,17). The summed E-state index contributed by atoms with van der Waals surface area (Å²) in [7, 11) is 0.147. The van der Waals surface area contributed by atoms with Crippen LogP contribution in [-0.2, 0) is 21.1 Å². The number of carbonyl (C=O) groups excluding carboxylic acids is 1. The van der Waals surface area contributed by atoms with Crippen LogP contribution in [0.2, 0.25) is 0 Å². The van der Waals surface area contributed by atoms with Gasteiger partial charge in [-0.1, -0.05) is 0 Å². The van der Waals surface area contributed by atoms with E-state index in [2.05, 4.69) is 5.32 Å². The van der Waals surface area contributed by atoms with E-state index in [0.29, 0.717) is 19.4 Å². The predicted molar refractivity (Wildman–Crippen MR) is 83.0 cm³/mol. The molecule has 1 atom stereocenters. The maximum atomic E-state index is 12.0. The van der Waals surface area contributed by atoms with Gasteiger partial charge in [0, 0.05) is 6.54 Å². The molecule has 0 radical (unpaired) electrons. The van der Waals surface area contributed by atoms with E-state index < -0.39 is 15.8 Å². The monoisotopic (exact) mass is 327 g/mol. The molecule has 1 aromatic carbocycles. The van der Waals surface area contributed by atoms with Crippen molar-refractivity contribution in [3.63, 3.8) is 0 Å². The Balaban J connectivity index is 1.89. The van der Waals surface area contributed by atoms with Gasteiger partial charge in [-0.15, -0.1) is 0 Å². The van der Waals surface area contributed by atoms with Gasteiger partial charge in [0.05, 0.1) is 31.6 Å². The van der Waals surface area contributed by atoms with E-state index in [1.807, 2.05) is 18.2 Å². The maximum absolute atomic E-state index is 12.0. The number of methoxy groups -OCH3 is 2. The van der Waals surface area contributed by atoms with E-state index in [9.17, 15) is 13.2 Å². The first-order valence-electron chi connectivity index (χ1n) is 7.14. The molecule has 1 unspecified atom stereocenters. The topological polar surface area (TPSA) is 81.7 Å². The minimum atomic E-state index is -3.03. The summed E-state index contributed by atoms with van der Waals surface area (Å²) in [5.41, 5.74) is 0.932. The summed E-state index contributed by atoms with van der Waals surface area (Å²) in [4.78, 5) is 12.0. The molecule has 1 saturated heterocycles. The fourth-order valence-corrected chi connectivity index (χ4v) is 4.29. The van der Waals surface area contributed by atoms with Crippen molar-refractivity contribution < 1.29 is 22.7 Å². The molecular formula is C15H21NO5S. The van der Waals surface area contributed by atoms with Crippen LogP contribution in [0.25, 0.3) is 0 Å². The third kappa shape index (κ3) is 4.13. The molecular weight excluding hydrogens is 306 g/mol. The normalized spacial score (nSPS) is 19.6. The van der Waals surface area contributed by atoms with E-state index >= 15 is 0 Å². The number of hydrogen-bond donors (Lipinski definition) is 1. The van der Waals surface area contributed by atoms with Gasteiger partial charge in [0.25, 0.3) is 0 Å². The molecule has 0 bridgehead atoms. The maximum Gasteiger partial charge on any atom is 0.224 e. The average Bonchev–Trinajstić information content (AvgIpc) is 2.87. The van der Waals surface area contributed by atoms with Gasteiger partial charge in [0.15, 0.2) is 9.84 Å².